The highest BCUT2D eigenvalue weighted by molar-refractivity contribution is 14.1. The van der Waals surface area contributed by atoms with Crippen LogP contribution in [0.1, 0.15) is 41.7 Å². The lowest BCUT2D eigenvalue weighted by Gasteiger charge is -2.19. The van der Waals surface area contributed by atoms with Crippen LogP contribution in [0.3, 0.4) is 0 Å². The zero-order valence-electron chi connectivity index (χ0n) is 13.8. The summed E-state index contributed by atoms with van der Waals surface area (Å²) in [5, 5.41) is 2.88. The van der Waals surface area contributed by atoms with E-state index in [2.05, 4.69) is 5.32 Å². The Morgan fingerprint density at radius 3 is 2.76 bits per heavy atom. The molecule has 0 bridgehead atoms. The third-order valence-electron chi connectivity index (χ3n) is 4.28. The molecule has 1 heterocycles. The second kappa shape index (κ2) is 7.51. The van der Waals surface area contributed by atoms with Gasteiger partial charge in [-0.25, -0.2) is 4.39 Å². The third kappa shape index (κ3) is 4.00. The van der Waals surface area contributed by atoms with Crippen molar-refractivity contribution in [1.82, 2.24) is 5.32 Å². The summed E-state index contributed by atoms with van der Waals surface area (Å²) in [6.45, 7) is 2.59. The number of nitrogens with one attached hydrogen (secondary N) is 1. The number of nitrogens with zero attached hydrogens (tertiary/aromatic N) is 1. The molecule has 1 fully saturated rings. The first-order valence-corrected chi connectivity index (χ1v) is 9.20. The minimum atomic E-state index is -0.407. The second-order valence-corrected chi connectivity index (χ2v) is 7.23. The van der Waals surface area contributed by atoms with Crippen LogP contribution < -0.4 is 10.2 Å². The molecule has 1 unspecified atom stereocenters. The molecule has 3 rings (SSSR count). The Bertz CT molecular complexity index is 825. The van der Waals surface area contributed by atoms with Crippen molar-refractivity contribution < 1.29 is 14.0 Å². The van der Waals surface area contributed by atoms with Crippen LogP contribution in [0.5, 0.6) is 0 Å². The van der Waals surface area contributed by atoms with Gasteiger partial charge in [0, 0.05) is 27.8 Å². The smallest absolute Gasteiger partial charge is 0.251 e. The Balaban J connectivity index is 1.74. The molecule has 0 aromatic heterocycles. The number of hydrogen-bond acceptors (Lipinski definition) is 2. The van der Waals surface area contributed by atoms with Gasteiger partial charge in [0.05, 0.1) is 6.04 Å². The number of hydrogen-bond donors (Lipinski definition) is 1. The van der Waals surface area contributed by atoms with Gasteiger partial charge in [-0.15, -0.1) is 0 Å². The molecule has 6 heteroatoms. The summed E-state index contributed by atoms with van der Waals surface area (Å²) in [7, 11) is 0. The van der Waals surface area contributed by atoms with E-state index in [4.69, 9.17) is 0 Å². The molecule has 130 valence electrons. The molecule has 1 atom stereocenters. The molecule has 1 saturated heterocycles. The van der Waals surface area contributed by atoms with E-state index < -0.39 is 5.82 Å². The van der Waals surface area contributed by atoms with Crippen LogP contribution in [0.4, 0.5) is 10.1 Å². The fourth-order valence-electron chi connectivity index (χ4n) is 2.88. The Labute approximate surface area is 159 Å². The predicted molar refractivity (Wildman–Crippen MR) is 103 cm³/mol. The summed E-state index contributed by atoms with van der Waals surface area (Å²) in [4.78, 5) is 26.0. The van der Waals surface area contributed by atoms with Gasteiger partial charge in [-0.2, -0.15) is 0 Å². The fraction of sp³-hybridized carbons (Fsp3) is 0.263. The van der Waals surface area contributed by atoms with E-state index in [1.165, 1.54) is 6.07 Å². The van der Waals surface area contributed by atoms with Gasteiger partial charge in [0.1, 0.15) is 5.82 Å². The Kier molecular flexibility index (Phi) is 5.36. The molecular formula is C19H18FIN2O2. The molecule has 1 aliphatic rings. The molecule has 1 N–H and O–H groups in total. The average molecular weight is 452 g/mol. The van der Waals surface area contributed by atoms with E-state index in [1.807, 2.05) is 53.8 Å². The normalized spacial score (nSPS) is 15.3. The average Bonchev–Trinajstić information content (AvgIpc) is 3.03. The topological polar surface area (TPSA) is 49.4 Å². The molecule has 0 spiro atoms. The van der Waals surface area contributed by atoms with Crippen LogP contribution in [0.15, 0.2) is 42.5 Å². The zero-order valence-corrected chi connectivity index (χ0v) is 15.9. The molecule has 2 aromatic rings. The van der Waals surface area contributed by atoms with E-state index in [-0.39, 0.29) is 23.4 Å². The van der Waals surface area contributed by atoms with E-state index in [9.17, 15) is 14.0 Å². The fourth-order valence-corrected chi connectivity index (χ4v) is 3.22. The number of benzene rings is 2. The summed E-state index contributed by atoms with van der Waals surface area (Å²) < 4.78 is 14.1. The number of carbonyl (C=O) groups is 2. The molecule has 2 amide bonds. The van der Waals surface area contributed by atoms with Crippen LogP contribution in [-0.2, 0) is 4.79 Å². The van der Waals surface area contributed by atoms with Crippen LogP contribution in [0.25, 0.3) is 0 Å². The van der Waals surface area contributed by atoms with Crippen molar-refractivity contribution in [3.05, 3.63) is 63.0 Å². The lowest BCUT2D eigenvalue weighted by atomic mass is 10.1. The van der Waals surface area contributed by atoms with Crippen LogP contribution in [0, 0.1) is 9.39 Å². The molecular weight excluding hydrogens is 434 g/mol. The largest absolute Gasteiger partial charge is 0.346 e. The first kappa shape index (κ1) is 17.8. The quantitative estimate of drug-likeness (QED) is 0.712. The number of carbonyl (C=O) groups excluding carboxylic acids is 2. The predicted octanol–water partition coefficient (Wildman–Crippen LogP) is 4.05. The molecule has 1 aliphatic heterocycles. The molecule has 0 saturated carbocycles. The molecule has 0 radical (unpaired) electrons. The van der Waals surface area contributed by atoms with Crippen molar-refractivity contribution in [2.24, 2.45) is 0 Å². The van der Waals surface area contributed by atoms with Gasteiger partial charge < -0.3 is 10.2 Å². The Morgan fingerprint density at radius 2 is 2.08 bits per heavy atom. The van der Waals surface area contributed by atoms with Crippen molar-refractivity contribution in [3.63, 3.8) is 0 Å². The third-order valence-corrected chi connectivity index (χ3v) is 5.16. The van der Waals surface area contributed by atoms with Gasteiger partial charge in [0.2, 0.25) is 5.91 Å². The minimum absolute atomic E-state index is 0.128. The van der Waals surface area contributed by atoms with Crippen LogP contribution in [0.2, 0.25) is 0 Å². The lowest BCUT2D eigenvalue weighted by molar-refractivity contribution is -0.117. The highest BCUT2D eigenvalue weighted by Gasteiger charge is 2.22. The van der Waals surface area contributed by atoms with E-state index in [0.29, 0.717) is 9.99 Å². The van der Waals surface area contributed by atoms with Crippen molar-refractivity contribution in [2.45, 2.75) is 25.8 Å². The number of anilines is 1. The summed E-state index contributed by atoms with van der Waals surface area (Å²) >= 11 is 1.88. The van der Waals surface area contributed by atoms with Gasteiger partial charge in [0.25, 0.3) is 5.91 Å². The van der Waals surface area contributed by atoms with Crippen molar-refractivity contribution in [1.29, 1.82) is 0 Å². The van der Waals surface area contributed by atoms with Gasteiger partial charge in [-0.1, -0.05) is 12.1 Å². The van der Waals surface area contributed by atoms with Gasteiger partial charge in [0.15, 0.2) is 0 Å². The van der Waals surface area contributed by atoms with Crippen molar-refractivity contribution in [2.75, 3.05) is 11.4 Å². The summed E-state index contributed by atoms with van der Waals surface area (Å²) in [5.74, 6) is -0.607. The first-order chi connectivity index (χ1) is 12.0. The molecule has 0 aliphatic carbocycles. The maximum absolute atomic E-state index is 13.6. The molecule has 4 nitrogen and oxygen atoms in total. The number of halogens is 2. The van der Waals surface area contributed by atoms with E-state index in [0.717, 1.165) is 24.2 Å². The second-order valence-electron chi connectivity index (χ2n) is 6.07. The van der Waals surface area contributed by atoms with Crippen LogP contribution >= 0.6 is 22.6 Å². The minimum Gasteiger partial charge on any atom is -0.346 e. The van der Waals surface area contributed by atoms with E-state index >= 15 is 0 Å². The summed E-state index contributed by atoms with van der Waals surface area (Å²) in [6, 6.07) is 11.8. The summed E-state index contributed by atoms with van der Waals surface area (Å²) in [6.07, 6.45) is 1.45. The maximum atomic E-state index is 13.6. The van der Waals surface area contributed by atoms with Crippen molar-refractivity contribution >= 4 is 40.1 Å². The van der Waals surface area contributed by atoms with Gasteiger partial charge in [-0.3, -0.25) is 9.59 Å². The van der Waals surface area contributed by atoms with Gasteiger partial charge >= 0.3 is 0 Å². The monoisotopic (exact) mass is 452 g/mol. The summed E-state index contributed by atoms with van der Waals surface area (Å²) in [5.41, 5.74) is 2.04. The highest BCUT2D eigenvalue weighted by atomic mass is 127. The molecule has 25 heavy (non-hydrogen) atoms. The zero-order chi connectivity index (χ0) is 18.0. The first-order valence-electron chi connectivity index (χ1n) is 8.12. The SMILES string of the molecule is CC(NC(=O)c1ccc(I)c(F)c1)c1cccc(N2CCCC2=O)c1. The van der Waals surface area contributed by atoms with E-state index in [1.54, 1.807) is 17.0 Å². The highest BCUT2D eigenvalue weighted by Crippen LogP contribution is 2.25. The molecule has 2 aromatic carbocycles. The lowest BCUT2D eigenvalue weighted by Crippen LogP contribution is -2.27. The van der Waals surface area contributed by atoms with Gasteiger partial charge in [-0.05, 0) is 71.8 Å². The Hall–Kier alpha value is -1.96. The number of rotatable bonds is 4. The van der Waals surface area contributed by atoms with Crippen LogP contribution in [-0.4, -0.2) is 18.4 Å². The number of amides is 2. The standard InChI is InChI=1S/C19H18FIN2O2/c1-12(22-19(25)14-7-8-17(21)16(20)11-14)13-4-2-5-15(10-13)23-9-3-6-18(23)24/h2,4-5,7-8,10-12H,3,6,9H2,1H3,(H,22,25). The Morgan fingerprint density at radius 1 is 1.28 bits per heavy atom. The van der Waals surface area contributed by atoms with Crippen molar-refractivity contribution in [3.8, 4) is 0 Å². The maximum Gasteiger partial charge on any atom is 0.251 e.